The largest absolute Gasteiger partial charge is 0.481 e. The molecule has 1 aliphatic rings. The summed E-state index contributed by atoms with van der Waals surface area (Å²) in [6.45, 7) is 0.444. The Balaban J connectivity index is 1.36. The Morgan fingerprint density at radius 2 is 1.82 bits per heavy atom. The summed E-state index contributed by atoms with van der Waals surface area (Å²) in [6.07, 6.45) is 2.75. The first-order valence-corrected chi connectivity index (χ1v) is 12.2. The standard InChI is InChI=1S/C28H22F2N6O3/c29-20-9-5-4-6-18(20)16-36-24(22-10-13-39-34-22)14-23(33-36)25-31-15-21(30)26(32-25)35-12-11-28(17-35,27(37)38)19-7-2-1-3-8-19/h1-10,13-15H,11-12,16-17H2,(H,37,38). The van der Waals surface area contributed by atoms with Gasteiger partial charge >= 0.3 is 5.97 Å². The van der Waals surface area contributed by atoms with Crippen LogP contribution in [0.15, 0.2) is 83.7 Å². The van der Waals surface area contributed by atoms with Crippen LogP contribution >= 0.6 is 0 Å². The van der Waals surface area contributed by atoms with Crippen molar-refractivity contribution in [1.29, 1.82) is 0 Å². The van der Waals surface area contributed by atoms with Gasteiger partial charge in [-0.2, -0.15) is 5.10 Å². The number of carboxylic acids is 1. The first-order chi connectivity index (χ1) is 18.9. The van der Waals surface area contributed by atoms with Crippen molar-refractivity contribution in [1.82, 2.24) is 24.9 Å². The van der Waals surface area contributed by atoms with Gasteiger partial charge in [0.15, 0.2) is 17.5 Å². The fraction of sp³-hybridized carbons (Fsp3) is 0.179. The van der Waals surface area contributed by atoms with Crippen LogP contribution < -0.4 is 4.90 Å². The number of carbonyl (C=O) groups is 1. The van der Waals surface area contributed by atoms with E-state index >= 15 is 4.39 Å². The zero-order valence-electron chi connectivity index (χ0n) is 20.5. The highest BCUT2D eigenvalue weighted by Crippen LogP contribution is 2.38. The van der Waals surface area contributed by atoms with Crippen LogP contribution in [0.3, 0.4) is 0 Å². The summed E-state index contributed by atoms with van der Waals surface area (Å²) >= 11 is 0. The summed E-state index contributed by atoms with van der Waals surface area (Å²) in [5.74, 6) is -1.90. The highest BCUT2D eigenvalue weighted by atomic mass is 19.1. The molecule has 1 unspecified atom stereocenters. The van der Waals surface area contributed by atoms with Crippen molar-refractivity contribution in [3.8, 4) is 22.9 Å². The van der Waals surface area contributed by atoms with Gasteiger partial charge in [-0.1, -0.05) is 53.7 Å². The van der Waals surface area contributed by atoms with Crippen LogP contribution in [-0.4, -0.2) is 49.1 Å². The lowest BCUT2D eigenvalue weighted by atomic mass is 9.80. The zero-order valence-corrected chi connectivity index (χ0v) is 20.5. The maximum atomic E-state index is 15.0. The molecule has 6 rings (SSSR count). The second-order valence-corrected chi connectivity index (χ2v) is 9.34. The highest BCUT2D eigenvalue weighted by molar-refractivity contribution is 5.83. The molecule has 0 saturated carbocycles. The van der Waals surface area contributed by atoms with Gasteiger partial charge in [0.2, 0.25) is 0 Å². The molecule has 0 radical (unpaired) electrons. The maximum Gasteiger partial charge on any atom is 0.316 e. The summed E-state index contributed by atoms with van der Waals surface area (Å²) in [4.78, 5) is 22.6. The summed E-state index contributed by atoms with van der Waals surface area (Å²) in [7, 11) is 0. The van der Waals surface area contributed by atoms with Crippen LogP contribution in [0.4, 0.5) is 14.6 Å². The molecule has 0 amide bonds. The van der Waals surface area contributed by atoms with E-state index in [0.29, 0.717) is 41.2 Å². The number of nitrogens with zero attached hydrogens (tertiary/aromatic N) is 6. The third kappa shape index (κ3) is 4.41. The van der Waals surface area contributed by atoms with Crippen LogP contribution in [0.5, 0.6) is 0 Å². The predicted octanol–water partition coefficient (Wildman–Crippen LogP) is 4.55. The van der Waals surface area contributed by atoms with E-state index in [-0.39, 0.29) is 30.5 Å². The quantitative estimate of drug-likeness (QED) is 0.328. The van der Waals surface area contributed by atoms with Gasteiger partial charge in [-0.3, -0.25) is 9.48 Å². The molecule has 0 aliphatic carbocycles. The van der Waals surface area contributed by atoms with E-state index < -0.39 is 17.2 Å². The number of carboxylic acid groups (broad SMARTS) is 1. The van der Waals surface area contributed by atoms with E-state index in [1.807, 2.05) is 6.07 Å². The van der Waals surface area contributed by atoms with E-state index in [4.69, 9.17) is 4.52 Å². The topological polar surface area (TPSA) is 110 Å². The van der Waals surface area contributed by atoms with Gasteiger partial charge in [0.25, 0.3) is 0 Å². The number of benzene rings is 2. The molecular formula is C28H22F2N6O3. The first-order valence-electron chi connectivity index (χ1n) is 12.2. The molecule has 4 heterocycles. The molecule has 0 spiro atoms. The number of aliphatic carboxylic acids is 1. The van der Waals surface area contributed by atoms with Crippen molar-refractivity contribution < 1.29 is 23.2 Å². The molecule has 3 aromatic heterocycles. The molecule has 1 atom stereocenters. The van der Waals surface area contributed by atoms with Crippen LogP contribution in [-0.2, 0) is 16.8 Å². The van der Waals surface area contributed by atoms with Crippen molar-refractivity contribution >= 4 is 11.8 Å². The van der Waals surface area contributed by atoms with Crippen LogP contribution in [0.1, 0.15) is 17.5 Å². The van der Waals surface area contributed by atoms with E-state index in [1.165, 1.54) is 12.3 Å². The number of anilines is 1. The van der Waals surface area contributed by atoms with Crippen LogP contribution in [0.2, 0.25) is 0 Å². The predicted molar refractivity (Wildman–Crippen MR) is 137 cm³/mol. The van der Waals surface area contributed by atoms with Gasteiger partial charge in [-0.25, -0.2) is 18.7 Å². The monoisotopic (exact) mass is 528 g/mol. The summed E-state index contributed by atoms with van der Waals surface area (Å²) in [6, 6.07) is 18.6. The minimum absolute atomic E-state index is 0.00861. The third-order valence-corrected chi connectivity index (χ3v) is 7.02. The summed E-state index contributed by atoms with van der Waals surface area (Å²) < 4.78 is 36.0. The van der Waals surface area contributed by atoms with Gasteiger partial charge in [-0.05, 0) is 24.1 Å². The molecule has 1 saturated heterocycles. The number of rotatable bonds is 7. The van der Waals surface area contributed by atoms with Gasteiger partial charge in [0.1, 0.15) is 28.9 Å². The summed E-state index contributed by atoms with van der Waals surface area (Å²) in [5, 5.41) is 18.7. The Labute approximate surface area is 221 Å². The molecular weight excluding hydrogens is 506 g/mol. The second kappa shape index (κ2) is 9.75. The Hall–Kier alpha value is -4.93. The van der Waals surface area contributed by atoms with Crippen molar-refractivity contribution in [3.63, 3.8) is 0 Å². The fourth-order valence-corrected chi connectivity index (χ4v) is 4.97. The van der Waals surface area contributed by atoms with Crippen LogP contribution in [0, 0.1) is 11.6 Å². The zero-order chi connectivity index (χ0) is 27.0. The third-order valence-electron chi connectivity index (χ3n) is 7.02. The lowest BCUT2D eigenvalue weighted by Gasteiger charge is -2.25. The van der Waals surface area contributed by atoms with Gasteiger partial charge in [0.05, 0.1) is 18.4 Å². The number of aromatic nitrogens is 5. The van der Waals surface area contributed by atoms with E-state index in [2.05, 4.69) is 20.2 Å². The molecule has 39 heavy (non-hydrogen) atoms. The average Bonchev–Trinajstić information content (AvgIpc) is 3.71. The molecule has 1 aliphatic heterocycles. The Morgan fingerprint density at radius 3 is 2.56 bits per heavy atom. The number of hydrogen-bond acceptors (Lipinski definition) is 7. The van der Waals surface area contributed by atoms with E-state index in [0.717, 1.165) is 6.20 Å². The minimum Gasteiger partial charge on any atom is -0.481 e. The molecule has 2 aromatic carbocycles. The molecule has 1 fully saturated rings. The van der Waals surface area contributed by atoms with Gasteiger partial charge in [-0.15, -0.1) is 0 Å². The Bertz CT molecular complexity index is 1640. The molecule has 5 aromatic rings. The summed E-state index contributed by atoms with van der Waals surface area (Å²) in [5.41, 5.74) is 1.20. The molecule has 0 bridgehead atoms. The van der Waals surface area contributed by atoms with Crippen LogP contribution in [0.25, 0.3) is 22.9 Å². The van der Waals surface area contributed by atoms with Gasteiger partial charge < -0.3 is 14.5 Å². The smallest absolute Gasteiger partial charge is 0.316 e. The van der Waals surface area contributed by atoms with Crippen molar-refractivity contribution in [2.24, 2.45) is 0 Å². The minimum atomic E-state index is -1.19. The van der Waals surface area contributed by atoms with Gasteiger partial charge in [0, 0.05) is 24.7 Å². The number of halogens is 2. The SMILES string of the molecule is O=C(O)C1(c2ccccc2)CCN(c2nc(-c3cc(-c4ccon4)n(Cc4ccccc4F)n3)ncc2F)C1. The normalized spacial score (nSPS) is 17.0. The van der Waals surface area contributed by atoms with Crippen molar-refractivity contribution in [2.75, 3.05) is 18.0 Å². The fourth-order valence-electron chi connectivity index (χ4n) is 4.97. The molecule has 9 nitrogen and oxygen atoms in total. The second-order valence-electron chi connectivity index (χ2n) is 9.34. The van der Waals surface area contributed by atoms with Crippen molar-refractivity contribution in [3.05, 3.63) is 102 Å². The maximum absolute atomic E-state index is 15.0. The highest BCUT2D eigenvalue weighted by Gasteiger charge is 2.47. The Kier molecular flexibility index (Phi) is 6.10. The molecule has 11 heteroatoms. The number of hydrogen-bond donors (Lipinski definition) is 1. The lowest BCUT2D eigenvalue weighted by molar-refractivity contribution is -0.143. The average molecular weight is 529 g/mol. The first kappa shape index (κ1) is 24.4. The molecule has 1 N–H and O–H groups in total. The molecule has 196 valence electrons. The van der Waals surface area contributed by atoms with Crippen molar-refractivity contribution in [2.45, 2.75) is 18.4 Å². The Morgan fingerprint density at radius 1 is 1.03 bits per heavy atom. The van der Waals surface area contributed by atoms with E-state index in [1.54, 1.807) is 64.2 Å². The lowest BCUT2D eigenvalue weighted by Crippen LogP contribution is -2.39. The van der Waals surface area contributed by atoms with E-state index in [9.17, 15) is 14.3 Å².